The number of carboxylic acid groups (broad SMARTS) is 1. The minimum Gasteiger partial charge on any atom is -0.480 e. The van der Waals surface area contributed by atoms with Crippen molar-refractivity contribution in [3.8, 4) is 11.3 Å². The van der Waals surface area contributed by atoms with Crippen LogP contribution in [0.1, 0.15) is 11.3 Å². The van der Waals surface area contributed by atoms with E-state index in [-0.39, 0.29) is 12.4 Å². The van der Waals surface area contributed by atoms with E-state index in [4.69, 9.17) is 0 Å². The van der Waals surface area contributed by atoms with Gasteiger partial charge in [0.1, 0.15) is 12.4 Å². The molecular weight excluding hydrogens is 339 g/mol. The van der Waals surface area contributed by atoms with Crippen LogP contribution in [0.4, 0.5) is 4.39 Å². The maximum atomic E-state index is 14.2. The van der Waals surface area contributed by atoms with Gasteiger partial charge >= 0.3 is 5.97 Å². The second kappa shape index (κ2) is 5.67. The summed E-state index contributed by atoms with van der Waals surface area (Å²) in [6, 6.07) is 10.9. The van der Waals surface area contributed by atoms with Crippen LogP contribution in [-0.2, 0) is 11.3 Å². The van der Waals surface area contributed by atoms with Gasteiger partial charge in [-0.1, -0.05) is 18.2 Å². The van der Waals surface area contributed by atoms with E-state index in [1.54, 1.807) is 17.6 Å². The Bertz CT molecular complexity index is 1140. The zero-order valence-electron chi connectivity index (χ0n) is 13.7. The molecule has 1 N–H and O–H groups in total. The van der Waals surface area contributed by atoms with Crippen LogP contribution >= 0.6 is 11.5 Å². The number of carboxylic acids is 1. The number of carbonyl (C=O) groups is 1. The number of fused-ring (bicyclic) bond motifs is 2. The van der Waals surface area contributed by atoms with Gasteiger partial charge in [-0.3, -0.25) is 4.79 Å². The fourth-order valence-electron chi connectivity index (χ4n) is 3.40. The molecule has 4 aromatic rings. The average molecular weight is 354 g/mol. The summed E-state index contributed by atoms with van der Waals surface area (Å²) in [6.07, 6.45) is 0. The molecule has 0 atom stereocenters. The predicted octanol–water partition coefficient (Wildman–Crippen LogP) is 4.76. The molecule has 2 heterocycles. The molecule has 4 nitrogen and oxygen atoms in total. The van der Waals surface area contributed by atoms with Crippen LogP contribution < -0.4 is 0 Å². The molecule has 6 heteroatoms. The van der Waals surface area contributed by atoms with Gasteiger partial charge in [0.25, 0.3) is 0 Å². The molecule has 0 unspecified atom stereocenters. The number of halogens is 1. The Morgan fingerprint density at radius 2 is 2.00 bits per heavy atom. The van der Waals surface area contributed by atoms with Crippen LogP contribution in [0.25, 0.3) is 32.2 Å². The number of rotatable bonds is 3. The van der Waals surface area contributed by atoms with Crippen LogP contribution in [0.2, 0.25) is 0 Å². The highest BCUT2D eigenvalue weighted by Crippen LogP contribution is 2.40. The first kappa shape index (κ1) is 15.8. The molecule has 0 saturated heterocycles. The van der Waals surface area contributed by atoms with E-state index in [1.165, 1.54) is 17.6 Å². The highest BCUT2D eigenvalue weighted by Gasteiger charge is 2.23. The van der Waals surface area contributed by atoms with Gasteiger partial charge in [0.15, 0.2) is 0 Å². The topological polar surface area (TPSA) is 55.1 Å². The number of benzene rings is 2. The number of aliphatic carboxylic acids is 1. The van der Waals surface area contributed by atoms with Crippen molar-refractivity contribution < 1.29 is 14.3 Å². The van der Waals surface area contributed by atoms with E-state index < -0.39 is 5.97 Å². The van der Waals surface area contributed by atoms with Crippen LogP contribution in [0, 0.1) is 19.7 Å². The Morgan fingerprint density at radius 3 is 2.76 bits per heavy atom. The molecule has 2 aromatic carbocycles. The lowest BCUT2D eigenvalue weighted by Gasteiger charge is -2.05. The number of nitrogens with zero attached hydrogens (tertiary/aromatic N) is 2. The molecule has 0 fully saturated rings. The molecule has 25 heavy (non-hydrogen) atoms. The van der Waals surface area contributed by atoms with Gasteiger partial charge in [-0.05, 0) is 49.1 Å². The quantitative estimate of drug-likeness (QED) is 0.577. The Labute approximate surface area is 147 Å². The van der Waals surface area contributed by atoms with Gasteiger partial charge in [0.05, 0.1) is 10.4 Å². The first-order valence-corrected chi connectivity index (χ1v) is 8.61. The molecule has 0 aliphatic carbocycles. The predicted molar refractivity (Wildman–Crippen MR) is 97.6 cm³/mol. The molecule has 0 bridgehead atoms. The van der Waals surface area contributed by atoms with Crippen molar-refractivity contribution in [2.75, 3.05) is 0 Å². The third-order valence-corrected chi connectivity index (χ3v) is 5.42. The standard InChI is InChI=1S/C19H15FN2O2S/c1-10-13(20)7-8-14-17(10)18(11(2)22(14)9-16(23)24)19-12-5-3-4-6-15(12)25-21-19/h3-8H,9H2,1-2H3,(H,23,24). The number of hydrogen-bond donors (Lipinski definition) is 1. The van der Waals surface area contributed by atoms with Gasteiger partial charge in [-0.15, -0.1) is 0 Å². The number of hydrogen-bond acceptors (Lipinski definition) is 3. The van der Waals surface area contributed by atoms with E-state index in [0.29, 0.717) is 11.1 Å². The Balaban J connectivity index is 2.14. The molecular formula is C19H15FN2O2S. The third-order valence-electron chi connectivity index (χ3n) is 4.59. The lowest BCUT2D eigenvalue weighted by molar-refractivity contribution is -0.137. The van der Waals surface area contributed by atoms with Crippen LogP contribution in [0.5, 0.6) is 0 Å². The molecule has 0 aliphatic heterocycles. The van der Waals surface area contributed by atoms with Crippen molar-refractivity contribution in [1.29, 1.82) is 0 Å². The second-order valence-corrected chi connectivity index (χ2v) is 6.84. The summed E-state index contributed by atoms with van der Waals surface area (Å²) in [6.45, 7) is 3.42. The highest BCUT2D eigenvalue weighted by molar-refractivity contribution is 7.13. The van der Waals surface area contributed by atoms with Crippen molar-refractivity contribution >= 4 is 38.5 Å². The maximum Gasteiger partial charge on any atom is 0.323 e. The van der Waals surface area contributed by atoms with Crippen molar-refractivity contribution in [3.63, 3.8) is 0 Å². The van der Waals surface area contributed by atoms with E-state index in [9.17, 15) is 14.3 Å². The molecule has 0 spiro atoms. The van der Waals surface area contributed by atoms with Crippen molar-refractivity contribution in [1.82, 2.24) is 8.94 Å². The largest absolute Gasteiger partial charge is 0.480 e. The van der Waals surface area contributed by atoms with E-state index >= 15 is 0 Å². The Kier molecular flexibility index (Phi) is 3.58. The average Bonchev–Trinajstić information content (AvgIpc) is 3.11. The van der Waals surface area contributed by atoms with Crippen molar-refractivity contribution in [2.45, 2.75) is 20.4 Å². The maximum absolute atomic E-state index is 14.2. The molecule has 0 aliphatic rings. The summed E-state index contributed by atoms with van der Waals surface area (Å²) in [5.74, 6) is -1.24. The van der Waals surface area contributed by atoms with E-state index in [1.807, 2.05) is 31.2 Å². The zero-order chi connectivity index (χ0) is 17.7. The van der Waals surface area contributed by atoms with Crippen LogP contribution in [0.3, 0.4) is 0 Å². The SMILES string of the molecule is Cc1c(F)ccc2c1c(-c1nsc3ccccc13)c(C)n2CC(=O)O. The summed E-state index contributed by atoms with van der Waals surface area (Å²) >= 11 is 1.39. The molecule has 0 saturated carbocycles. The van der Waals surface area contributed by atoms with Gasteiger partial charge < -0.3 is 9.67 Å². The highest BCUT2D eigenvalue weighted by atomic mass is 32.1. The van der Waals surface area contributed by atoms with Gasteiger partial charge in [0, 0.05) is 27.5 Å². The van der Waals surface area contributed by atoms with E-state index in [0.717, 1.165) is 32.4 Å². The summed E-state index contributed by atoms with van der Waals surface area (Å²) in [5.41, 5.74) is 3.59. The fourth-order valence-corrected chi connectivity index (χ4v) is 4.19. The normalized spacial score (nSPS) is 11.5. The molecule has 0 amide bonds. The minimum absolute atomic E-state index is 0.171. The Morgan fingerprint density at radius 1 is 1.24 bits per heavy atom. The zero-order valence-corrected chi connectivity index (χ0v) is 14.5. The lowest BCUT2D eigenvalue weighted by Crippen LogP contribution is -2.10. The third kappa shape index (κ3) is 2.33. The van der Waals surface area contributed by atoms with Crippen molar-refractivity contribution in [2.24, 2.45) is 0 Å². The fraction of sp³-hybridized carbons (Fsp3) is 0.158. The van der Waals surface area contributed by atoms with Crippen molar-refractivity contribution in [3.05, 3.63) is 53.5 Å². The summed E-state index contributed by atoms with van der Waals surface area (Å²) in [5, 5.41) is 11.0. The minimum atomic E-state index is -0.934. The number of aryl methyl sites for hydroxylation is 1. The molecule has 126 valence electrons. The first-order chi connectivity index (χ1) is 12.0. The second-order valence-electron chi connectivity index (χ2n) is 6.03. The number of aromatic nitrogens is 2. The van der Waals surface area contributed by atoms with Crippen LogP contribution in [-0.4, -0.2) is 20.0 Å². The summed E-state index contributed by atoms with van der Waals surface area (Å²) < 4.78 is 21.6. The van der Waals surface area contributed by atoms with E-state index in [2.05, 4.69) is 4.37 Å². The van der Waals surface area contributed by atoms with Gasteiger partial charge in [-0.2, -0.15) is 4.37 Å². The van der Waals surface area contributed by atoms with Crippen LogP contribution in [0.15, 0.2) is 36.4 Å². The molecule has 0 radical (unpaired) electrons. The summed E-state index contributed by atoms with van der Waals surface area (Å²) in [4.78, 5) is 11.3. The monoisotopic (exact) mass is 354 g/mol. The van der Waals surface area contributed by atoms with Gasteiger partial charge in [-0.25, -0.2) is 4.39 Å². The molecule has 2 aromatic heterocycles. The smallest absolute Gasteiger partial charge is 0.323 e. The lowest BCUT2D eigenvalue weighted by atomic mass is 10.0. The van der Waals surface area contributed by atoms with Gasteiger partial charge in [0.2, 0.25) is 0 Å². The Hall–Kier alpha value is -2.73. The first-order valence-electron chi connectivity index (χ1n) is 7.83. The molecule has 4 rings (SSSR count). The summed E-state index contributed by atoms with van der Waals surface area (Å²) in [7, 11) is 0.